The van der Waals surface area contributed by atoms with Gasteiger partial charge in [-0.3, -0.25) is 19.2 Å². The number of esters is 4. The van der Waals surface area contributed by atoms with E-state index in [0.29, 0.717) is 0 Å². The van der Waals surface area contributed by atoms with Gasteiger partial charge < -0.3 is 58.0 Å². The first-order valence-corrected chi connectivity index (χ1v) is 16.3. The average molecular weight is 721 g/mol. The summed E-state index contributed by atoms with van der Waals surface area (Å²) in [5.41, 5.74) is 1.63. The summed E-state index contributed by atoms with van der Waals surface area (Å²) in [6.07, 6.45) is -17.4. The van der Waals surface area contributed by atoms with E-state index in [9.17, 15) is 34.5 Å². The molecule has 2 aromatic carbocycles. The first-order chi connectivity index (χ1) is 24.3. The van der Waals surface area contributed by atoms with E-state index in [1.807, 2.05) is 60.7 Å². The highest BCUT2D eigenvalue weighted by Crippen LogP contribution is 2.34. The van der Waals surface area contributed by atoms with Crippen LogP contribution in [0.3, 0.4) is 0 Å². The Hall–Kier alpha value is -4.00. The SMILES string of the molecule is CC(=O)OC[C@H]1O[C@@H](O[C@H]2[C@H](O)[C@H](O)[C@@H](O)O[C@@H]2[C@H](COCc2ccccc2)OCc2ccccc2)[C@H](OC(C)=O)[C@@H](OC(C)=O)[C@@H]1OC(C)=O. The summed E-state index contributed by atoms with van der Waals surface area (Å²) in [5.74, 6) is -3.27. The van der Waals surface area contributed by atoms with Gasteiger partial charge in [-0.05, 0) is 11.1 Å². The molecule has 2 heterocycles. The van der Waals surface area contributed by atoms with Gasteiger partial charge in [0.1, 0.15) is 43.2 Å². The zero-order valence-corrected chi connectivity index (χ0v) is 28.6. The standard InChI is InChI=1S/C35H44O16/c1-19(36)44-18-26-30(46-20(2)37)32(47-21(3)38)33(48-22(4)39)35(49-26)51-31-27(40)28(41)34(42)50-29(31)25(45-16-24-13-9-6-10-14-24)17-43-15-23-11-7-5-8-12-23/h5-14,25-35,40-42H,15-18H2,1-4H3/t25-,26+,27+,28-,29+,30+,31-,32-,33+,34-,35-/m0/s1. The molecule has 0 radical (unpaired) electrons. The lowest BCUT2D eigenvalue weighted by atomic mass is 9.94. The number of carbonyl (C=O) groups is 4. The van der Waals surface area contributed by atoms with Crippen molar-refractivity contribution >= 4 is 23.9 Å². The Bertz CT molecular complexity index is 1420. The van der Waals surface area contributed by atoms with Gasteiger partial charge in [0.15, 0.2) is 30.9 Å². The first kappa shape index (κ1) is 39.8. The molecule has 0 unspecified atom stereocenters. The molecule has 2 fully saturated rings. The van der Waals surface area contributed by atoms with Crippen LogP contribution in [0.1, 0.15) is 38.8 Å². The molecule has 51 heavy (non-hydrogen) atoms. The third kappa shape index (κ3) is 11.5. The third-order valence-corrected chi connectivity index (χ3v) is 7.91. The minimum Gasteiger partial charge on any atom is -0.463 e. The van der Waals surface area contributed by atoms with Crippen LogP contribution < -0.4 is 0 Å². The highest BCUT2D eigenvalue weighted by atomic mass is 16.8. The fourth-order valence-electron chi connectivity index (χ4n) is 5.67. The number of carbonyl (C=O) groups excluding carboxylic acids is 4. The Balaban J connectivity index is 1.70. The van der Waals surface area contributed by atoms with Gasteiger partial charge in [0.2, 0.25) is 0 Å². The van der Waals surface area contributed by atoms with Crippen molar-refractivity contribution in [3.8, 4) is 0 Å². The van der Waals surface area contributed by atoms with Gasteiger partial charge in [-0.25, -0.2) is 0 Å². The molecule has 0 aliphatic carbocycles. The lowest BCUT2D eigenvalue weighted by Gasteiger charge is -2.48. The zero-order valence-electron chi connectivity index (χ0n) is 28.6. The highest BCUT2D eigenvalue weighted by molar-refractivity contribution is 5.68. The third-order valence-electron chi connectivity index (χ3n) is 7.91. The van der Waals surface area contributed by atoms with E-state index in [-0.39, 0.29) is 19.8 Å². The molecule has 2 aliphatic rings. The van der Waals surface area contributed by atoms with Crippen LogP contribution in [0.5, 0.6) is 0 Å². The number of aliphatic hydroxyl groups is 3. The molecule has 4 rings (SSSR count). The summed E-state index contributed by atoms with van der Waals surface area (Å²) in [7, 11) is 0. The summed E-state index contributed by atoms with van der Waals surface area (Å²) in [6.45, 7) is 3.87. The molecular weight excluding hydrogens is 676 g/mol. The number of ether oxygens (including phenoxy) is 9. The Morgan fingerprint density at radius 2 is 1.22 bits per heavy atom. The molecule has 0 saturated carbocycles. The maximum absolute atomic E-state index is 12.4. The van der Waals surface area contributed by atoms with E-state index in [0.717, 1.165) is 38.8 Å². The predicted octanol–water partition coefficient (Wildman–Crippen LogP) is 0.696. The summed E-state index contributed by atoms with van der Waals surface area (Å²) < 4.78 is 51.8. The molecule has 0 amide bonds. The van der Waals surface area contributed by atoms with Crippen molar-refractivity contribution in [3.63, 3.8) is 0 Å². The maximum atomic E-state index is 12.4. The monoisotopic (exact) mass is 720 g/mol. The molecule has 2 aliphatic heterocycles. The van der Waals surface area contributed by atoms with Crippen molar-refractivity contribution in [2.24, 2.45) is 0 Å². The van der Waals surface area contributed by atoms with Crippen molar-refractivity contribution in [1.29, 1.82) is 0 Å². The van der Waals surface area contributed by atoms with Crippen molar-refractivity contribution in [2.75, 3.05) is 13.2 Å². The second-order valence-electron chi connectivity index (χ2n) is 12.0. The average Bonchev–Trinajstić information content (AvgIpc) is 3.08. The van der Waals surface area contributed by atoms with Gasteiger partial charge in [0.25, 0.3) is 0 Å². The topological polar surface area (TPSA) is 212 Å². The lowest BCUT2D eigenvalue weighted by Crippen LogP contribution is -2.67. The van der Waals surface area contributed by atoms with E-state index in [4.69, 9.17) is 42.6 Å². The summed E-state index contributed by atoms with van der Waals surface area (Å²) in [5, 5.41) is 32.7. The van der Waals surface area contributed by atoms with Gasteiger partial charge >= 0.3 is 23.9 Å². The molecule has 0 spiro atoms. The second kappa shape index (κ2) is 19.0. The van der Waals surface area contributed by atoms with Crippen molar-refractivity contribution in [3.05, 3.63) is 71.8 Å². The van der Waals surface area contributed by atoms with Crippen LogP contribution in [0, 0.1) is 0 Å². The molecule has 2 aromatic rings. The van der Waals surface area contributed by atoms with E-state index in [1.54, 1.807) is 0 Å². The van der Waals surface area contributed by atoms with Crippen LogP contribution in [0.15, 0.2) is 60.7 Å². The summed E-state index contributed by atoms with van der Waals surface area (Å²) >= 11 is 0. The van der Waals surface area contributed by atoms with E-state index < -0.39 is 98.0 Å². The summed E-state index contributed by atoms with van der Waals surface area (Å²) in [4.78, 5) is 48.5. The quantitative estimate of drug-likeness (QED) is 0.171. The largest absolute Gasteiger partial charge is 0.463 e. The van der Waals surface area contributed by atoms with E-state index >= 15 is 0 Å². The smallest absolute Gasteiger partial charge is 0.303 e. The Morgan fingerprint density at radius 3 is 1.78 bits per heavy atom. The molecule has 3 N–H and O–H groups in total. The van der Waals surface area contributed by atoms with Crippen LogP contribution in [-0.2, 0) is 75.0 Å². The lowest BCUT2D eigenvalue weighted by molar-refractivity contribution is -0.363. The molecule has 16 nitrogen and oxygen atoms in total. The Morgan fingerprint density at radius 1 is 0.667 bits per heavy atom. The van der Waals surface area contributed by atoms with Gasteiger partial charge in [-0.15, -0.1) is 0 Å². The van der Waals surface area contributed by atoms with E-state index in [1.165, 1.54) is 0 Å². The number of rotatable bonds is 15. The molecule has 0 bridgehead atoms. The maximum Gasteiger partial charge on any atom is 0.303 e. The first-order valence-electron chi connectivity index (χ1n) is 16.3. The van der Waals surface area contributed by atoms with Crippen LogP contribution in [0.2, 0.25) is 0 Å². The van der Waals surface area contributed by atoms with Gasteiger partial charge in [0.05, 0.1) is 19.8 Å². The fraction of sp³-hybridized carbons (Fsp3) is 0.543. The normalized spacial score (nSPS) is 29.7. The number of aliphatic hydroxyl groups excluding tert-OH is 3. The molecule has 2 saturated heterocycles. The van der Waals surface area contributed by atoms with Crippen LogP contribution in [0.25, 0.3) is 0 Å². The minimum absolute atomic E-state index is 0.0422. The van der Waals surface area contributed by atoms with Crippen LogP contribution in [0.4, 0.5) is 0 Å². The molecular formula is C35H44O16. The number of hydrogen-bond acceptors (Lipinski definition) is 16. The van der Waals surface area contributed by atoms with Crippen molar-refractivity contribution in [1.82, 2.24) is 0 Å². The van der Waals surface area contributed by atoms with Crippen LogP contribution in [-0.4, -0.2) is 120 Å². The highest BCUT2D eigenvalue weighted by Gasteiger charge is 2.56. The molecule has 11 atom stereocenters. The van der Waals surface area contributed by atoms with Gasteiger partial charge in [-0.2, -0.15) is 0 Å². The molecule has 280 valence electrons. The Kier molecular flexibility index (Phi) is 14.8. The minimum atomic E-state index is -1.89. The summed E-state index contributed by atoms with van der Waals surface area (Å²) in [6, 6.07) is 18.4. The van der Waals surface area contributed by atoms with E-state index in [2.05, 4.69) is 0 Å². The Labute approximate surface area is 294 Å². The van der Waals surface area contributed by atoms with Crippen molar-refractivity contribution < 1.29 is 77.1 Å². The predicted molar refractivity (Wildman–Crippen MR) is 171 cm³/mol. The molecule has 16 heteroatoms. The molecule has 0 aromatic heterocycles. The fourth-order valence-corrected chi connectivity index (χ4v) is 5.67. The zero-order chi connectivity index (χ0) is 37.1. The number of hydrogen-bond donors (Lipinski definition) is 3. The van der Waals surface area contributed by atoms with Gasteiger partial charge in [0, 0.05) is 27.7 Å². The second-order valence-corrected chi connectivity index (χ2v) is 12.0. The van der Waals surface area contributed by atoms with Crippen LogP contribution >= 0.6 is 0 Å². The number of benzene rings is 2. The van der Waals surface area contributed by atoms with Gasteiger partial charge in [-0.1, -0.05) is 60.7 Å². The van der Waals surface area contributed by atoms with Crippen molar-refractivity contribution in [2.45, 2.75) is 108 Å².